The van der Waals surface area contributed by atoms with Crippen LogP contribution in [-0.2, 0) is 37.5 Å². The number of halogens is 1. The Morgan fingerprint density at radius 2 is 2.11 bits per heavy atom. The molecule has 1 saturated carbocycles. The zero-order valence-electron chi connectivity index (χ0n) is 15.4. The molecule has 1 saturated heterocycles. The number of rotatable bonds is 4. The molecule has 1 aliphatic heterocycles. The van der Waals surface area contributed by atoms with Crippen molar-refractivity contribution in [2.45, 2.75) is 25.8 Å². The van der Waals surface area contributed by atoms with Gasteiger partial charge in [0.1, 0.15) is 5.43 Å². The first-order valence-electron chi connectivity index (χ1n) is 8.77. The summed E-state index contributed by atoms with van der Waals surface area (Å²) in [7, 11) is 0. The maximum atomic E-state index is 14.8. The Labute approximate surface area is 185 Å². The van der Waals surface area contributed by atoms with Gasteiger partial charge in [-0.05, 0) is 31.0 Å². The van der Waals surface area contributed by atoms with Gasteiger partial charge in [-0.3, -0.25) is 4.79 Å². The van der Waals surface area contributed by atoms with E-state index in [0.717, 1.165) is 12.8 Å². The zero-order chi connectivity index (χ0) is 19.5. The number of aromatic nitrogens is 1. The summed E-state index contributed by atoms with van der Waals surface area (Å²) in [6, 6.07) is 4.03. The number of pyridine rings is 1. The van der Waals surface area contributed by atoms with E-state index in [2.05, 4.69) is 6.07 Å². The molecule has 0 radical (unpaired) electrons. The Bertz CT molecular complexity index is 1050. The summed E-state index contributed by atoms with van der Waals surface area (Å²) in [6.45, 7) is 2.22. The van der Waals surface area contributed by atoms with Crippen LogP contribution in [0.1, 0.15) is 36.2 Å². The molecule has 3 N–H and O–H groups in total. The van der Waals surface area contributed by atoms with Crippen LogP contribution in [0.2, 0.25) is 0 Å². The van der Waals surface area contributed by atoms with Gasteiger partial charge in [-0.2, -0.15) is 0 Å². The number of anilines is 1. The molecule has 2 fully saturated rings. The van der Waals surface area contributed by atoms with Crippen molar-refractivity contribution in [2.24, 2.45) is 11.1 Å². The monoisotopic (exact) mass is 461 g/mol. The van der Waals surface area contributed by atoms with Crippen LogP contribution >= 0.6 is 0 Å². The Kier molecular flexibility index (Phi) is 5.51. The second-order valence-electron chi connectivity index (χ2n) is 7.59. The molecular weight excluding hydrogens is 442 g/mol. The Morgan fingerprint density at radius 3 is 2.64 bits per heavy atom. The van der Waals surface area contributed by atoms with Crippen LogP contribution in [0.15, 0.2) is 17.1 Å². The fourth-order valence-corrected chi connectivity index (χ4v) is 3.60. The molecule has 0 bridgehead atoms. The number of nitrogens with two attached hydrogens (primary N) is 1. The van der Waals surface area contributed by atoms with Crippen LogP contribution in [0, 0.1) is 17.3 Å². The molecule has 0 amide bonds. The third-order valence-electron chi connectivity index (χ3n) is 5.52. The average molecular weight is 461 g/mol. The van der Waals surface area contributed by atoms with Crippen molar-refractivity contribution in [1.29, 1.82) is 0 Å². The number of nitrogens with zero attached hydrogens (tertiary/aromatic N) is 2. The summed E-state index contributed by atoms with van der Waals surface area (Å²) in [5, 5.41) is 9.20. The number of aromatic carboxylic acids is 1. The predicted octanol–water partition coefficient (Wildman–Crippen LogP) is 1.33. The number of hydrogen-bond donors (Lipinski definition) is 2. The van der Waals surface area contributed by atoms with Gasteiger partial charge in [-0.15, -0.1) is 0 Å². The first kappa shape index (κ1) is 21.1. The first-order chi connectivity index (χ1) is 12.7. The van der Waals surface area contributed by atoms with E-state index in [1.807, 2.05) is 0 Å². The van der Waals surface area contributed by atoms with Crippen LogP contribution in [0.4, 0.5) is 10.1 Å². The maximum Gasteiger partial charge on any atom is 3.00 e. The summed E-state index contributed by atoms with van der Waals surface area (Å²) < 4.78 is 16.5. The normalized spacial score (nSPS) is 21.8. The summed E-state index contributed by atoms with van der Waals surface area (Å²) >= 11 is 0. The number of Topliss-reactive ketones (excluding diaryl/α,β-unsaturated/α-hetero) is 1. The molecule has 1 aliphatic carbocycles. The summed E-state index contributed by atoms with van der Waals surface area (Å²) in [6.07, 6.45) is 3.04. The smallest absolute Gasteiger partial charge is 0.478 e. The molecule has 9 heteroatoms. The number of carbonyl (C=O) groups is 2. The molecule has 0 spiro atoms. The van der Waals surface area contributed by atoms with E-state index >= 15 is 0 Å². The fraction of sp³-hybridized carbons (Fsp3) is 0.421. The molecule has 4 rings (SSSR count). The molecule has 1 unspecified atom stereocenters. The minimum Gasteiger partial charge on any atom is -0.478 e. The molecule has 2 heterocycles. The van der Waals surface area contributed by atoms with Crippen molar-refractivity contribution in [2.75, 3.05) is 24.5 Å². The van der Waals surface area contributed by atoms with Crippen molar-refractivity contribution in [1.82, 2.24) is 4.57 Å². The quantitative estimate of drug-likeness (QED) is 0.666. The second kappa shape index (κ2) is 7.32. The molecule has 1 aromatic carbocycles. The van der Waals surface area contributed by atoms with E-state index in [1.165, 1.54) is 12.3 Å². The van der Waals surface area contributed by atoms with Gasteiger partial charge < -0.3 is 25.1 Å². The minimum atomic E-state index is -1.35. The van der Waals surface area contributed by atoms with Gasteiger partial charge in [0.15, 0.2) is 5.78 Å². The van der Waals surface area contributed by atoms with Gasteiger partial charge in [-0.25, -0.2) is 9.18 Å². The number of carboxylic acid groups (broad SMARTS) is 1. The number of benzene rings is 1. The van der Waals surface area contributed by atoms with E-state index < -0.39 is 28.2 Å². The first-order valence-corrected chi connectivity index (χ1v) is 8.77. The van der Waals surface area contributed by atoms with Crippen molar-refractivity contribution >= 4 is 28.3 Å². The van der Waals surface area contributed by atoms with Crippen molar-refractivity contribution in [3.8, 4) is 0 Å². The van der Waals surface area contributed by atoms with Crippen LogP contribution in [0.25, 0.3) is 10.9 Å². The Morgan fingerprint density at radius 1 is 1.43 bits per heavy atom. The van der Waals surface area contributed by atoms with Crippen molar-refractivity contribution in [3.05, 3.63) is 39.9 Å². The molecule has 1 atom stereocenters. The van der Waals surface area contributed by atoms with Crippen molar-refractivity contribution < 1.29 is 51.8 Å². The van der Waals surface area contributed by atoms with Crippen LogP contribution in [0.5, 0.6) is 0 Å². The minimum absolute atomic E-state index is 0. The number of carboxylic acids is 1. The van der Waals surface area contributed by atoms with E-state index in [1.54, 1.807) is 16.4 Å². The third-order valence-corrected chi connectivity index (χ3v) is 5.52. The molecule has 28 heavy (non-hydrogen) atoms. The van der Waals surface area contributed by atoms with E-state index in [0.29, 0.717) is 5.52 Å². The molecule has 2 aliphatic rings. The van der Waals surface area contributed by atoms with Gasteiger partial charge in [0.05, 0.1) is 23.3 Å². The number of carbonyl (C=O) groups excluding carboxylic acids is 1. The summed E-state index contributed by atoms with van der Waals surface area (Å²) in [5.41, 5.74) is 4.41. The third kappa shape index (κ3) is 3.31. The van der Waals surface area contributed by atoms with E-state index in [9.17, 15) is 23.9 Å². The van der Waals surface area contributed by atoms with Gasteiger partial charge in [-0.1, -0.05) is 17.5 Å². The Hall–Kier alpha value is -1.64. The van der Waals surface area contributed by atoms with Gasteiger partial charge in [0.25, 0.3) is 0 Å². The fourth-order valence-electron chi connectivity index (χ4n) is 3.60. The second-order valence-corrected chi connectivity index (χ2v) is 7.59. The van der Waals surface area contributed by atoms with Crippen LogP contribution in [0.3, 0.4) is 0 Å². The molecule has 7 nitrogen and oxygen atoms in total. The zero-order valence-corrected chi connectivity index (χ0v) is 18.2. The van der Waals surface area contributed by atoms with Gasteiger partial charge in [0.2, 0.25) is 0 Å². The van der Waals surface area contributed by atoms with Gasteiger partial charge >= 0.3 is 38.7 Å². The SMILES string of the molecule is CC1(CN)CN(c2cc3c([c-]c2F)c(=O)c(C(=O)O)cn3C2CC2)CC1=O.[Y+3]. The molecule has 1 aromatic heterocycles. The van der Waals surface area contributed by atoms with E-state index in [4.69, 9.17) is 5.73 Å². The molecule has 2 aromatic rings. The van der Waals surface area contributed by atoms with Crippen LogP contribution in [-0.4, -0.2) is 41.1 Å². The largest absolute Gasteiger partial charge is 3.00 e. The van der Waals surface area contributed by atoms with Crippen LogP contribution < -0.4 is 16.1 Å². The Balaban J connectivity index is 0.00000225. The topological polar surface area (TPSA) is 106 Å². The summed E-state index contributed by atoms with van der Waals surface area (Å²) in [4.78, 5) is 37.7. The van der Waals surface area contributed by atoms with E-state index in [-0.39, 0.29) is 75.2 Å². The summed E-state index contributed by atoms with van der Waals surface area (Å²) in [5.74, 6) is -2.19. The van der Waals surface area contributed by atoms with Gasteiger partial charge in [0, 0.05) is 25.3 Å². The maximum absolute atomic E-state index is 14.8. The number of hydrogen-bond acceptors (Lipinski definition) is 5. The standard InChI is InChI=1S/C19H19FN3O4.Y/c1-19(8-21)9-22(7-16(19)24)15-5-14-11(4-13(15)20)17(25)12(18(26)27)6-23(14)10-2-3-10;/h5-6,10H,2-3,7-9,21H2,1H3,(H,26,27);/q-1;+3. The van der Waals surface area contributed by atoms with Crippen molar-refractivity contribution in [3.63, 3.8) is 0 Å². The predicted molar refractivity (Wildman–Crippen MR) is 96.6 cm³/mol. The average Bonchev–Trinajstić information content (AvgIpc) is 3.41. The molecular formula is C19H19FN3O4Y+2. The molecule has 142 valence electrons. The number of ketones is 1. The number of fused-ring (bicyclic) bond motifs is 1.